The zero-order chi connectivity index (χ0) is 8.97. The predicted molar refractivity (Wildman–Crippen MR) is 49.9 cm³/mol. The number of hydrogen-bond donors (Lipinski definition) is 0. The summed E-state index contributed by atoms with van der Waals surface area (Å²) in [6.07, 6.45) is 0.422. The molecule has 0 aliphatic carbocycles. The maximum absolute atomic E-state index is 11.1. The predicted octanol–water partition coefficient (Wildman–Crippen LogP) is 2.16. The van der Waals surface area contributed by atoms with Gasteiger partial charge in [-0.1, -0.05) is 11.6 Å². The van der Waals surface area contributed by atoms with Crippen LogP contribution in [0.2, 0.25) is 4.34 Å². The number of ether oxygens (including phenoxy) is 1. The highest BCUT2D eigenvalue weighted by Gasteiger charge is 2.04. The fraction of sp³-hybridized carbons (Fsp3) is 0.375. The van der Waals surface area contributed by atoms with Crippen LogP contribution in [-0.4, -0.2) is 19.5 Å². The molecule has 0 saturated carbocycles. The standard InChI is InChI=1S/C8H9ClO2S/c1-11-5-6(10)4-7-2-3-8(9)12-7/h2-3H,4-5H2,1H3. The number of Topliss-reactive ketones (excluding diaryl/α,β-unsaturated/α-hetero) is 1. The molecule has 0 N–H and O–H groups in total. The van der Waals surface area contributed by atoms with Gasteiger partial charge in [0, 0.05) is 18.4 Å². The van der Waals surface area contributed by atoms with Gasteiger partial charge in [0.15, 0.2) is 5.78 Å². The average molecular weight is 205 g/mol. The summed E-state index contributed by atoms with van der Waals surface area (Å²) in [5.41, 5.74) is 0. The van der Waals surface area contributed by atoms with Crippen molar-refractivity contribution in [1.82, 2.24) is 0 Å². The van der Waals surface area contributed by atoms with Gasteiger partial charge >= 0.3 is 0 Å². The second-order valence-electron chi connectivity index (χ2n) is 2.35. The average Bonchev–Trinajstić information content (AvgIpc) is 2.36. The van der Waals surface area contributed by atoms with Crippen LogP contribution >= 0.6 is 22.9 Å². The van der Waals surface area contributed by atoms with Crippen LogP contribution in [0.15, 0.2) is 12.1 Å². The van der Waals surface area contributed by atoms with Gasteiger partial charge < -0.3 is 4.74 Å². The van der Waals surface area contributed by atoms with E-state index in [-0.39, 0.29) is 12.4 Å². The van der Waals surface area contributed by atoms with Crippen LogP contribution in [0.1, 0.15) is 4.88 Å². The van der Waals surface area contributed by atoms with Gasteiger partial charge in [0.2, 0.25) is 0 Å². The minimum atomic E-state index is 0.0796. The van der Waals surface area contributed by atoms with Crippen LogP contribution in [0, 0.1) is 0 Å². The van der Waals surface area contributed by atoms with Crippen LogP contribution in [0.4, 0.5) is 0 Å². The maximum Gasteiger partial charge on any atom is 0.163 e. The van der Waals surface area contributed by atoms with E-state index < -0.39 is 0 Å². The topological polar surface area (TPSA) is 26.3 Å². The normalized spacial score (nSPS) is 10.2. The van der Waals surface area contributed by atoms with Crippen molar-refractivity contribution in [3.8, 4) is 0 Å². The fourth-order valence-electron chi connectivity index (χ4n) is 0.853. The van der Waals surface area contributed by atoms with E-state index >= 15 is 0 Å². The molecule has 4 heteroatoms. The fourth-order valence-corrected chi connectivity index (χ4v) is 1.97. The molecule has 0 unspecified atom stereocenters. The molecule has 1 heterocycles. The summed E-state index contributed by atoms with van der Waals surface area (Å²) in [6, 6.07) is 3.65. The van der Waals surface area contributed by atoms with Gasteiger partial charge in [-0.05, 0) is 12.1 Å². The Balaban J connectivity index is 2.46. The third-order valence-corrected chi connectivity index (χ3v) is 2.54. The molecule has 12 heavy (non-hydrogen) atoms. The molecule has 0 atom stereocenters. The van der Waals surface area contributed by atoms with Crippen molar-refractivity contribution >= 4 is 28.7 Å². The first-order valence-corrected chi connectivity index (χ1v) is 4.66. The van der Waals surface area contributed by atoms with E-state index in [1.165, 1.54) is 18.4 Å². The van der Waals surface area contributed by atoms with E-state index in [1.54, 1.807) is 6.07 Å². The monoisotopic (exact) mass is 204 g/mol. The van der Waals surface area contributed by atoms with E-state index in [2.05, 4.69) is 0 Å². The maximum atomic E-state index is 11.1. The zero-order valence-electron chi connectivity index (χ0n) is 6.67. The largest absolute Gasteiger partial charge is 0.377 e. The molecule has 0 spiro atoms. The first kappa shape index (κ1) is 9.71. The number of ketones is 1. The van der Waals surface area contributed by atoms with Crippen molar-refractivity contribution in [3.05, 3.63) is 21.3 Å². The van der Waals surface area contributed by atoms with Gasteiger partial charge in [-0.2, -0.15) is 0 Å². The van der Waals surface area contributed by atoms with Gasteiger partial charge in [-0.25, -0.2) is 0 Å². The molecule has 0 aromatic carbocycles. The van der Waals surface area contributed by atoms with Crippen molar-refractivity contribution in [2.45, 2.75) is 6.42 Å². The van der Waals surface area contributed by atoms with Gasteiger partial charge in [0.25, 0.3) is 0 Å². The number of halogens is 1. The lowest BCUT2D eigenvalue weighted by molar-refractivity contribution is -0.121. The smallest absolute Gasteiger partial charge is 0.163 e. The molecule has 0 radical (unpaired) electrons. The van der Waals surface area contributed by atoms with Gasteiger partial charge in [0.1, 0.15) is 6.61 Å². The Morgan fingerprint density at radius 3 is 2.92 bits per heavy atom. The van der Waals surface area contributed by atoms with Gasteiger partial charge in [0.05, 0.1) is 4.34 Å². The molecule has 1 rings (SSSR count). The number of methoxy groups -OCH3 is 1. The van der Waals surface area contributed by atoms with Crippen molar-refractivity contribution in [1.29, 1.82) is 0 Å². The van der Waals surface area contributed by atoms with Crippen molar-refractivity contribution < 1.29 is 9.53 Å². The van der Waals surface area contributed by atoms with Crippen molar-refractivity contribution in [2.75, 3.05) is 13.7 Å². The highest BCUT2D eigenvalue weighted by atomic mass is 35.5. The SMILES string of the molecule is COCC(=O)Cc1ccc(Cl)s1. The first-order valence-electron chi connectivity index (χ1n) is 3.47. The van der Waals surface area contributed by atoms with E-state index in [1.807, 2.05) is 6.07 Å². The third kappa shape index (κ3) is 2.93. The molecule has 1 aromatic rings. The second-order valence-corrected chi connectivity index (χ2v) is 4.15. The molecule has 66 valence electrons. The summed E-state index contributed by atoms with van der Waals surface area (Å²) in [5, 5.41) is 0. The van der Waals surface area contributed by atoms with Gasteiger partial charge in [-0.3, -0.25) is 4.79 Å². The highest BCUT2D eigenvalue weighted by molar-refractivity contribution is 7.16. The number of hydrogen-bond acceptors (Lipinski definition) is 3. The number of rotatable bonds is 4. The lowest BCUT2D eigenvalue weighted by Crippen LogP contribution is -2.08. The summed E-state index contributed by atoms with van der Waals surface area (Å²) < 4.78 is 5.42. The lowest BCUT2D eigenvalue weighted by atomic mass is 10.2. The van der Waals surface area contributed by atoms with E-state index in [0.717, 1.165) is 9.21 Å². The van der Waals surface area contributed by atoms with Crippen LogP contribution in [-0.2, 0) is 16.0 Å². The van der Waals surface area contributed by atoms with Crippen LogP contribution in [0.25, 0.3) is 0 Å². The molecule has 0 aliphatic heterocycles. The number of carbonyl (C=O) groups is 1. The van der Waals surface area contributed by atoms with Crippen molar-refractivity contribution in [2.24, 2.45) is 0 Å². The molecule has 0 amide bonds. The minimum Gasteiger partial charge on any atom is -0.377 e. The van der Waals surface area contributed by atoms with Crippen molar-refractivity contribution in [3.63, 3.8) is 0 Å². The summed E-state index contributed by atoms with van der Waals surface area (Å²) in [5.74, 6) is 0.0796. The Morgan fingerprint density at radius 1 is 1.67 bits per heavy atom. The highest BCUT2D eigenvalue weighted by Crippen LogP contribution is 2.21. The Bertz CT molecular complexity index is 270. The molecular formula is C8H9ClO2S. The molecule has 0 bridgehead atoms. The molecule has 2 nitrogen and oxygen atoms in total. The third-order valence-electron chi connectivity index (χ3n) is 1.31. The Hall–Kier alpha value is -0.380. The Kier molecular flexibility index (Phi) is 3.72. The molecule has 0 fully saturated rings. The lowest BCUT2D eigenvalue weighted by Gasteiger charge is -1.95. The van der Waals surface area contributed by atoms with E-state index in [4.69, 9.17) is 16.3 Å². The summed E-state index contributed by atoms with van der Waals surface area (Å²) >= 11 is 7.13. The number of carbonyl (C=O) groups excluding carboxylic acids is 1. The Labute approximate surface area is 80.1 Å². The molecular weight excluding hydrogens is 196 g/mol. The Morgan fingerprint density at radius 2 is 2.42 bits per heavy atom. The summed E-state index contributed by atoms with van der Waals surface area (Å²) in [7, 11) is 1.51. The summed E-state index contributed by atoms with van der Waals surface area (Å²) in [4.78, 5) is 12.0. The minimum absolute atomic E-state index is 0.0796. The van der Waals surface area contributed by atoms with Crippen LogP contribution < -0.4 is 0 Å². The quantitative estimate of drug-likeness (QED) is 0.752. The molecule has 1 aromatic heterocycles. The molecule has 0 saturated heterocycles. The van der Waals surface area contributed by atoms with E-state index in [9.17, 15) is 4.79 Å². The second kappa shape index (κ2) is 4.60. The zero-order valence-corrected chi connectivity index (χ0v) is 8.24. The van der Waals surface area contributed by atoms with Gasteiger partial charge in [-0.15, -0.1) is 11.3 Å². The molecule has 0 aliphatic rings. The van der Waals surface area contributed by atoms with E-state index in [0.29, 0.717) is 6.42 Å². The first-order chi connectivity index (χ1) is 5.72. The number of thiophene rings is 1. The van der Waals surface area contributed by atoms with Crippen LogP contribution in [0.5, 0.6) is 0 Å². The summed E-state index contributed by atoms with van der Waals surface area (Å²) in [6.45, 7) is 0.176. The van der Waals surface area contributed by atoms with Crippen LogP contribution in [0.3, 0.4) is 0 Å².